The standard InChI is InChI=1S/C7H6ClN3O3/c1-9-7(12)4-2-3-5(11(13)14)6(8)10-4/h2-3H,1H3,(H,9,12). The number of nitro groups is 1. The van der Waals surface area contributed by atoms with Gasteiger partial charge in [0.2, 0.25) is 5.15 Å². The Morgan fingerprint density at radius 1 is 1.64 bits per heavy atom. The number of hydrogen-bond donors (Lipinski definition) is 1. The summed E-state index contributed by atoms with van der Waals surface area (Å²) < 4.78 is 0. The lowest BCUT2D eigenvalue weighted by Crippen LogP contribution is -2.19. The number of amides is 1. The molecule has 0 radical (unpaired) electrons. The monoisotopic (exact) mass is 215 g/mol. The average molecular weight is 216 g/mol. The number of nitrogens with zero attached hydrogens (tertiary/aromatic N) is 2. The van der Waals surface area contributed by atoms with Crippen molar-refractivity contribution in [1.82, 2.24) is 10.3 Å². The van der Waals surface area contributed by atoms with Crippen molar-refractivity contribution in [2.24, 2.45) is 0 Å². The Morgan fingerprint density at radius 2 is 2.29 bits per heavy atom. The first kappa shape index (κ1) is 10.4. The molecule has 0 fully saturated rings. The zero-order valence-electron chi connectivity index (χ0n) is 7.15. The summed E-state index contributed by atoms with van der Waals surface area (Å²) in [5.41, 5.74) is -0.276. The van der Waals surface area contributed by atoms with E-state index < -0.39 is 10.8 Å². The highest BCUT2D eigenvalue weighted by Gasteiger charge is 2.15. The molecule has 0 aliphatic carbocycles. The molecule has 0 aliphatic heterocycles. The van der Waals surface area contributed by atoms with Gasteiger partial charge >= 0.3 is 5.69 Å². The van der Waals surface area contributed by atoms with E-state index in [2.05, 4.69) is 10.3 Å². The third-order valence-electron chi connectivity index (χ3n) is 1.49. The van der Waals surface area contributed by atoms with Crippen molar-refractivity contribution >= 4 is 23.2 Å². The van der Waals surface area contributed by atoms with Gasteiger partial charge in [-0.1, -0.05) is 11.6 Å². The molecule has 0 spiro atoms. The van der Waals surface area contributed by atoms with Crippen LogP contribution in [-0.4, -0.2) is 22.9 Å². The number of aromatic nitrogens is 1. The minimum Gasteiger partial charge on any atom is -0.354 e. The van der Waals surface area contributed by atoms with Crippen molar-refractivity contribution in [3.05, 3.63) is 33.1 Å². The van der Waals surface area contributed by atoms with Crippen molar-refractivity contribution in [3.63, 3.8) is 0 Å². The van der Waals surface area contributed by atoms with Crippen LogP contribution in [0.1, 0.15) is 10.5 Å². The molecule has 1 N–H and O–H groups in total. The molecule has 0 saturated heterocycles. The van der Waals surface area contributed by atoms with Gasteiger partial charge in [-0.2, -0.15) is 0 Å². The fourth-order valence-corrected chi connectivity index (χ4v) is 1.04. The lowest BCUT2D eigenvalue weighted by Gasteiger charge is -1.99. The van der Waals surface area contributed by atoms with Crippen LogP contribution in [0.15, 0.2) is 12.1 Å². The fraction of sp³-hybridized carbons (Fsp3) is 0.143. The average Bonchev–Trinajstić information content (AvgIpc) is 2.15. The largest absolute Gasteiger partial charge is 0.354 e. The van der Waals surface area contributed by atoms with Crippen LogP contribution in [0.3, 0.4) is 0 Å². The maximum atomic E-state index is 11.0. The van der Waals surface area contributed by atoms with E-state index in [1.807, 2.05) is 0 Å². The molecule has 0 saturated carbocycles. The summed E-state index contributed by atoms with van der Waals surface area (Å²) >= 11 is 5.49. The predicted molar refractivity (Wildman–Crippen MR) is 49.3 cm³/mol. The second-order valence-corrected chi connectivity index (χ2v) is 2.70. The van der Waals surface area contributed by atoms with Gasteiger partial charge in [0.25, 0.3) is 5.91 Å². The van der Waals surface area contributed by atoms with E-state index in [9.17, 15) is 14.9 Å². The van der Waals surface area contributed by atoms with E-state index >= 15 is 0 Å². The quantitative estimate of drug-likeness (QED) is 0.453. The smallest absolute Gasteiger partial charge is 0.306 e. The number of halogens is 1. The van der Waals surface area contributed by atoms with Crippen LogP contribution in [0.5, 0.6) is 0 Å². The van der Waals surface area contributed by atoms with Gasteiger partial charge < -0.3 is 5.32 Å². The van der Waals surface area contributed by atoms with Crippen molar-refractivity contribution in [1.29, 1.82) is 0 Å². The van der Waals surface area contributed by atoms with Crippen LogP contribution in [0, 0.1) is 10.1 Å². The molecule has 1 aromatic rings. The van der Waals surface area contributed by atoms with Gasteiger partial charge in [-0.15, -0.1) is 0 Å². The highest BCUT2D eigenvalue weighted by atomic mass is 35.5. The minimum atomic E-state index is -0.664. The molecule has 74 valence electrons. The van der Waals surface area contributed by atoms with E-state index in [4.69, 9.17) is 11.6 Å². The molecule has 1 rings (SSSR count). The van der Waals surface area contributed by atoms with Crippen molar-refractivity contribution in [2.75, 3.05) is 7.05 Å². The summed E-state index contributed by atoms with van der Waals surface area (Å²) in [5.74, 6) is -0.443. The molecule has 0 aliphatic rings. The molecule has 7 heteroatoms. The molecule has 0 aromatic carbocycles. The maximum Gasteiger partial charge on any atom is 0.306 e. The molecule has 1 aromatic heterocycles. The maximum absolute atomic E-state index is 11.0. The van der Waals surface area contributed by atoms with Crippen molar-refractivity contribution in [3.8, 4) is 0 Å². The van der Waals surface area contributed by atoms with Gasteiger partial charge in [-0.25, -0.2) is 4.98 Å². The topological polar surface area (TPSA) is 85.1 Å². The number of hydrogen-bond acceptors (Lipinski definition) is 4. The van der Waals surface area contributed by atoms with Gasteiger partial charge in [0.15, 0.2) is 0 Å². The summed E-state index contributed by atoms with van der Waals surface area (Å²) in [7, 11) is 1.43. The molecule has 1 amide bonds. The van der Waals surface area contributed by atoms with E-state index in [0.717, 1.165) is 6.07 Å². The van der Waals surface area contributed by atoms with Crippen molar-refractivity contribution in [2.45, 2.75) is 0 Å². The van der Waals surface area contributed by atoms with E-state index in [1.165, 1.54) is 13.1 Å². The van der Waals surface area contributed by atoms with Gasteiger partial charge in [0, 0.05) is 13.1 Å². The number of rotatable bonds is 2. The van der Waals surface area contributed by atoms with E-state index in [-0.39, 0.29) is 16.5 Å². The summed E-state index contributed by atoms with van der Waals surface area (Å²) in [6, 6.07) is 2.38. The summed E-state index contributed by atoms with van der Waals surface area (Å²) in [4.78, 5) is 24.3. The third kappa shape index (κ3) is 1.97. The SMILES string of the molecule is CNC(=O)c1ccc([N+](=O)[O-])c(Cl)n1. The number of nitrogens with one attached hydrogen (secondary N) is 1. The molecule has 0 unspecified atom stereocenters. The van der Waals surface area contributed by atoms with Gasteiger partial charge in [0.1, 0.15) is 5.69 Å². The lowest BCUT2D eigenvalue weighted by atomic mass is 10.3. The summed E-state index contributed by atoms with van der Waals surface area (Å²) in [6.45, 7) is 0. The Balaban J connectivity index is 3.12. The van der Waals surface area contributed by atoms with Gasteiger partial charge in [-0.3, -0.25) is 14.9 Å². The Morgan fingerprint density at radius 3 is 2.71 bits per heavy atom. The van der Waals surface area contributed by atoms with Gasteiger partial charge in [0.05, 0.1) is 4.92 Å². The van der Waals surface area contributed by atoms with Crippen molar-refractivity contribution < 1.29 is 9.72 Å². The highest BCUT2D eigenvalue weighted by molar-refractivity contribution is 6.31. The molecule has 1 heterocycles. The Labute approximate surface area is 84.0 Å². The predicted octanol–water partition coefficient (Wildman–Crippen LogP) is 1.00. The number of pyridine rings is 1. The lowest BCUT2D eigenvalue weighted by molar-refractivity contribution is -0.385. The Bertz CT molecular complexity index is 394. The second kappa shape index (κ2) is 4.01. The van der Waals surface area contributed by atoms with Crippen LogP contribution >= 0.6 is 11.6 Å². The third-order valence-corrected chi connectivity index (χ3v) is 1.76. The summed E-state index contributed by atoms with van der Waals surface area (Å²) in [5, 5.41) is 12.4. The van der Waals surface area contributed by atoms with E-state index in [0.29, 0.717) is 0 Å². The van der Waals surface area contributed by atoms with E-state index in [1.54, 1.807) is 0 Å². The molecular formula is C7H6ClN3O3. The Kier molecular flexibility index (Phi) is 2.98. The van der Waals surface area contributed by atoms with Crippen LogP contribution in [-0.2, 0) is 0 Å². The normalized spacial score (nSPS) is 9.57. The van der Waals surface area contributed by atoms with Crippen LogP contribution < -0.4 is 5.32 Å². The molecule has 14 heavy (non-hydrogen) atoms. The molecule has 0 atom stereocenters. The number of carbonyl (C=O) groups excluding carboxylic acids is 1. The fourth-order valence-electron chi connectivity index (χ4n) is 0.818. The number of carbonyl (C=O) groups is 1. The zero-order chi connectivity index (χ0) is 10.7. The molecule has 6 nitrogen and oxygen atoms in total. The Hall–Kier alpha value is -1.69. The van der Waals surface area contributed by atoms with Gasteiger partial charge in [-0.05, 0) is 6.07 Å². The minimum absolute atomic E-state index is 0.0445. The summed E-state index contributed by atoms with van der Waals surface area (Å²) in [6.07, 6.45) is 0. The zero-order valence-corrected chi connectivity index (χ0v) is 7.91. The first-order valence-electron chi connectivity index (χ1n) is 3.59. The van der Waals surface area contributed by atoms with Crippen LogP contribution in [0.2, 0.25) is 5.15 Å². The first-order chi connectivity index (χ1) is 6.56. The molecule has 0 bridgehead atoms. The van der Waals surface area contributed by atoms with Crippen LogP contribution in [0.25, 0.3) is 0 Å². The van der Waals surface area contributed by atoms with Crippen LogP contribution in [0.4, 0.5) is 5.69 Å². The molecular weight excluding hydrogens is 210 g/mol. The second-order valence-electron chi connectivity index (χ2n) is 2.34. The highest BCUT2D eigenvalue weighted by Crippen LogP contribution is 2.21. The first-order valence-corrected chi connectivity index (χ1v) is 3.97.